The SMILES string of the molecule is [CH2]c1ccc2occ(SC)c2c1. The van der Waals surface area contributed by atoms with Crippen LogP contribution in [0.1, 0.15) is 5.56 Å². The van der Waals surface area contributed by atoms with Gasteiger partial charge in [0.05, 0.1) is 4.90 Å². The zero-order valence-corrected chi connectivity index (χ0v) is 7.65. The van der Waals surface area contributed by atoms with Gasteiger partial charge in [-0.2, -0.15) is 0 Å². The Hall–Kier alpha value is -0.890. The van der Waals surface area contributed by atoms with E-state index in [1.807, 2.05) is 24.5 Å². The molecule has 1 heterocycles. The van der Waals surface area contributed by atoms with Crippen molar-refractivity contribution >= 4 is 22.7 Å². The highest BCUT2D eigenvalue weighted by Gasteiger charge is 2.03. The average molecular weight is 177 g/mol. The van der Waals surface area contributed by atoms with Crippen LogP contribution < -0.4 is 0 Å². The minimum absolute atomic E-state index is 0.937. The zero-order chi connectivity index (χ0) is 8.55. The van der Waals surface area contributed by atoms with Gasteiger partial charge in [0.1, 0.15) is 11.8 Å². The van der Waals surface area contributed by atoms with Crippen LogP contribution in [0.25, 0.3) is 11.0 Å². The van der Waals surface area contributed by atoms with Crippen LogP contribution in [-0.2, 0) is 0 Å². The van der Waals surface area contributed by atoms with Gasteiger partial charge in [-0.25, -0.2) is 0 Å². The number of furan rings is 1. The molecule has 2 heteroatoms. The molecule has 0 fully saturated rings. The molecule has 1 nitrogen and oxygen atoms in total. The second-order valence-electron chi connectivity index (χ2n) is 2.63. The number of benzene rings is 1. The van der Waals surface area contributed by atoms with Crippen LogP contribution in [0.3, 0.4) is 0 Å². The normalized spacial score (nSPS) is 10.8. The van der Waals surface area contributed by atoms with Crippen LogP contribution >= 0.6 is 11.8 Å². The summed E-state index contributed by atoms with van der Waals surface area (Å²) >= 11 is 1.69. The van der Waals surface area contributed by atoms with Gasteiger partial charge in [0.2, 0.25) is 0 Å². The molecule has 0 saturated carbocycles. The van der Waals surface area contributed by atoms with Crippen molar-refractivity contribution in [2.24, 2.45) is 0 Å². The van der Waals surface area contributed by atoms with Gasteiger partial charge in [0.25, 0.3) is 0 Å². The van der Waals surface area contributed by atoms with Gasteiger partial charge in [-0.1, -0.05) is 6.07 Å². The third-order valence-corrected chi connectivity index (χ3v) is 2.58. The van der Waals surface area contributed by atoms with Crippen LogP contribution in [0.4, 0.5) is 0 Å². The number of rotatable bonds is 1. The van der Waals surface area contributed by atoms with Crippen molar-refractivity contribution in [3.05, 3.63) is 36.9 Å². The molecule has 1 aromatic carbocycles. The molecule has 2 rings (SSSR count). The molecule has 1 radical (unpaired) electrons. The molecule has 0 atom stereocenters. The standard InChI is InChI=1S/C10H9OS/c1-7-3-4-9-8(5-7)10(12-2)6-11-9/h3-6H,1H2,2H3. The lowest BCUT2D eigenvalue weighted by Crippen LogP contribution is -1.71. The molecule has 0 spiro atoms. The van der Waals surface area contributed by atoms with Gasteiger partial charge in [-0.05, 0) is 30.9 Å². The Morgan fingerprint density at radius 2 is 2.25 bits per heavy atom. The molecule has 0 bridgehead atoms. The fourth-order valence-electron chi connectivity index (χ4n) is 1.21. The number of hydrogen-bond acceptors (Lipinski definition) is 2. The molecule has 0 unspecified atom stereocenters. The molecule has 0 aliphatic heterocycles. The Balaban J connectivity index is 2.75. The van der Waals surface area contributed by atoms with Gasteiger partial charge in [-0.3, -0.25) is 0 Å². The van der Waals surface area contributed by atoms with Crippen LogP contribution in [0.2, 0.25) is 0 Å². The van der Waals surface area contributed by atoms with Crippen LogP contribution in [0.15, 0.2) is 33.8 Å². The molecule has 0 aliphatic carbocycles. The van der Waals surface area contributed by atoms with Gasteiger partial charge in [0, 0.05) is 5.39 Å². The van der Waals surface area contributed by atoms with Crippen molar-refractivity contribution < 1.29 is 4.42 Å². The summed E-state index contributed by atoms with van der Waals surface area (Å²) in [6.45, 7) is 3.87. The predicted octanol–water partition coefficient (Wildman–Crippen LogP) is 3.34. The maximum absolute atomic E-state index is 5.35. The summed E-state index contributed by atoms with van der Waals surface area (Å²) in [6, 6.07) is 5.96. The molecular formula is C10H9OS. The minimum Gasteiger partial charge on any atom is -0.463 e. The Labute approximate surface area is 75.8 Å². The maximum atomic E-state index is 5.35. The van der Waals surface area contributed by atoms with E-state index in [-0.39, 0.29) is 0 Å². The van der Waals surface area contributed by atoms with Gasteiger partial charge in [-0.15, -0.1) is 11.8 Å². The largest absolute Gasteiger partial charge is 0.463 e. The zero-order valence-electron chi connectivity index (χ0n) is 6.83. The van der Waals surface area contributed by atoms with Crippen LogP contribution in [0, 0.1) is 6.92 Å². The molecule has 12 heavy (non-hydrogen) atoms. The van der Waals surface area contributed by atoms with Gasteiger partial charge in [0.15, 0.2) is 0 Å². The first kappa shape index (κ1) is 7.74. The van der Waals surface area contributed by atoms with Gasteiger partial charge >= 0.3 is 0 Å². The van der Waals surface area contributed by atoms with E-state index in [0.717, 1.165) is 16.5 Å². The molecular weight excluding hydrogens is 168 g/mol. The summed E-state index contributed by atoms with van der Waals surface area (Å²) in [4.78, 5) is 1.18. The van der Waals surface area contributed by atoms with E-state index in [2.05, 4.69) is 6.92 Å². The van der Waals surface area contributed by atoms with E-state index < -0.39 is 0 Å². The van der Waals surface area contributed by atoms with Crippen molar-refractivity contribution in [3.63, 3.8) is 0 Å². The lowest BCUT2D eigenvalue weighted by atomic mass is 10.2. The predicted molar refractivity (Wildman–Crippen MR) is 52.5 cm³/mol. The minimum atomic E-state index is 0.937. The third kappa shape index (κ3) is 1.12. The quantitative estimate of drug-likeness (QED) is 0.620. The lowest BCUT2D eigenvalue weighted by Gasteiger charge is -1.92. The third-order valence-electron chi connectivity index (χ3n) is 1.82. The Kier molecular flexibility index (Phi) is 1.85. The number of fused-ring (bicyclic) bond motifs is 1. The van der Waals surface area contributed by atoms with E-state index in [1.54, 1.807) is 18.0 Å². The molecule has 61 valence electrons. The summed E-state index contributed by atoms with van der Waals surface area (Å²) in [6.07, 6.45) is 3.83. The first-order valence-electron chi connectivity index (χ1n) is 3.68. The summed E-state index contributed by atoms with van der Waals surface area (Å²) in [7, 11) is 0. The number of thioether (sulfide) groups is 1. The average Bonchev–Trinajstić information content (AvgIpc) is 2.46. The first-order valence-corrected chi connectivity index (χ1v) is 4.91. The molecule has 2 aromatic rings. The summed E-state index contributed by atoms with van der Waals surface area (Å²) in [5.41, 5.74) is 1.96. The Bertz CT molecular complexity index is 403. The molecule has 0 amide bonds. The summed E-state index contributed by atoms with van der Waals surface area (Å²) in [5, 5.41) is 1.16. The van der Waals surface area contributed by atoms with Crippen LogP contribution in [0.5, 0.6) is 0 Å². The second-order valence-corrected chi connectivity index (χ2v) is 3.48. The van der Waals surface area contributed by atoms with Crippen LogP contribution in [-0.4, -0.2) is 6.26 Å². The monoisotopic (exact) mass is 177 g/mol. The fraction of sp³-hybridized carbons (Fsp3) is 0.100. The van der Waals surface area contributed by atoms with E-state index in [4.69, 9.17) is 4.42 Å². The molecule has 0 aliphatic rings. The lowest BCUT2D eigenvalue weighted by molar-refractivity contribution is 0.608. The van der Waals surface area contributed by atoms with E-state index in [1.165, 1.54) is 4.90 Å². The van der Waals surface area contributed by atoms with E-state index in [9.17, 15) is 0 Å². The maximum Gasteiger partial charge on any atom is 0.135 e. The van der Waals surface area contributed by atoms with E-state index in [0.29, 0.717) is 0 Å². The highest BCUT2D eigenvalue weighted by molar-refractivity contribution is 7.98. The van der Waals surface area contributed by atoms with E-state index >= 15 is 0 Å². The highest BCUT2D eigenvalue weighted by atomic mass is 32.2. The number of hydrogen-bond donors (Lipinski definition) is 0. The van der Waals surface area contributed by atoms with Crippen molar-refractivity contribution in [1.82, 2.24) is 0 Å². The highest BCUT2D eigenvalue weighted by Crippen LogP contribution is 2.28. The smallest absolute Gasteiger partial charge is 0.135 e. The summed E-state index contributed by atoms with van der Waals surface area (Å²) in [5.74, 6) is 0. The van der Waals surface area contributed by atoms with Crippen molar-refractivity contribution in [3.8, 4) is 0 Å². The molecule has 0 N–H and O–H groups in total. The Morgan fingerprint density at radius 3 is 3.00 bits per heavy atom. The van der Waals surface area contributed by atoms with Crippen molar-refractivity contribution in [1.29, 1.82) is 0 Å². The van der Waals surface area contributed by atoms with Crippen molar-refractivity contribution in [2.75, 3.05) is 6.26 Å². The Morgan fingerprint density at radius 1 is 1.42 bits per heavy atom. The van der Waals surface area contributed by atoms with Gasteiger partial charge < -0.3 is 4.42 Å². The second kappa shape index (κ2) is 2.87. The van der Waals surface area contributed by atoms with Crippen molar-refractivity contribution in [2.45, 2.75) is 4.90 Å². The molecule has 1 aromatic heterocycles. The molecule has 0 saturated heterocycles. The fourth-order valence-corrected chi connectivity index (χ4v) is 1.73. The topological polar surface area (TPSA) is 13.1 Å². The summed E-state index contributed by atoms with van der Waals surface area (Å²) < 4.78 is 5.35. The first-order chi connectivity index (χ1) is 5.81.